The van der Waals surface area contributed by atoms with Crippen LogP contribution in [0.25, 0.3) is 84.5 Å². The van der Waals surface area contributed by atoms with Gasteiger partial charge in [-0.15, -0.1) is 11.8 Å². The molecule has 3 amide bonds. The first-order valence-electron chi connectivity index (χ1n) is 36.0. The largest absolute Gasteiger partial charge is 0.349 e. The molecule has 3 N–H and O–H groups in total. The van der Waals surface area contributed by atoms with Gasteiger partial charge in [0.05, 0.1) is 69.3 Å². The van der Waals surface area contributed by atoms with Crippen LogP contribution in [0, 0.1) is 16.2 Å². The van der Waals surface area contributed by atoms with E-state index in [1.165, 1.54) is 0 Å². The van der Waals surface area contributed by atoms with Gasteiger partial charge in [-0.2, -0.15) is 0 Å². The maximum Gasteiger partial charge on any atom is 0.251 e. The first-order valence-corrected chi connectivity index (χ1v) is 40.0. The van der Waals surface area contributed by atoms with Crippen molar-refractivity contribution in [1.29, 1.82) is 0 Å². The van der Waals surface area contributed by atoms with E-state index in [0.29, 0.717) is 69.0 Å². The molecule has 105 heavy (non-hydrogen) atoms. The average molecular weight is 1460 g/mol. The minimum absolute atomic E-state index is 0.000269. The highest BCUT2D eigenvalue weighted by atomic mass is 32.2. The van der Waals surface area contributed by atoms with Crippen molar-refractivity contribution in [2.24, 2.45) is 16.2 Å². The summed E-state index contributed by atoms with van der Waals surface area (Å²) in [5.41, 5.74) is 14.3. The van der Waals surface area contributed by atoms with Crippen molar-refractivity contribution in [2.45, 2.75) is 153 Å². The van der Waals surface area contributed by atoms with Gasteiger partial charge in [-0.05, 0) is 110 Å². The van der Waals surface area contributed by atoms with Gasteiger partial charge >= 0.3 is 0 Å². The van der Waals surface area contributed by atoms with Gasteiger partial charge in [0.1, 0.15) is 5.03 Å². The normalized spacial score (nSPS) is 14.3. The fraction of sp³-hybridized carbons (Fsp3) is 0.321. The Morgan fingerprint density at radius 3 is 1.18 bits per heavy atom. The van der Waals surface area contributed by atoms with Gasteiger partial charge in [-0.1, -0.05) is 190 Å². The SMILES string of the molecule is CC(C)(C)CCS(=O)(=O)c1nc(-c2ccccc2)cn2c(-c3ccc(C(=O)NC4CC4)cc3)cnc12.CC(C)(C)CCS(=O)c1nc(-c2ccccc2)cn2c(-c3ccc(C(=O)NC4CC4)cc3)cnc12.CC(C)(C)CCSc1nc(-c2ccccc2)cn2c(-c3ccc(C(=O)NC4CC4)cc3)cnc12. The van der Waals surface area contributed by atoms with Crippen LogP contribution in [0.15, 0.2) is 216 Å². The molecule has 6 aromatic carbocycles. The molecule has 6 heterocycles. The van der Waals surface area contributed by atoms with Crippen molar-refractivity contribution in [3.63, 3.8) is 0 Å². The predicted octanol–water partition coefficient (Wildman–Crippen LogP) is 17.1. The van der Waals surface area contributed by atoms with Crippen LogP contribution in [-0.2, 0) is 20.6 Å². The standard InChI is InChI=1S/C28H30N4O3S.C28H30N4O2S.C28H30N4OS/c1-28(2,3)15-16-36(34,35)27-25-29-17-24(32(25)18-23(31-27)19-7-5-4-6-8-19)20-9-11-21(12-10-20)26(33)30-22-13-14-22;1-28(2,3)15-16-35(34)27-25-29-17-24(32(25)18-23(31-27)19-7-5-4-6-8-19)20-9-11-21(12-10-20)26(33)30-22-13-14-22;1-28(2,3)15-16-34-27-25-29-17-24(32(25)18-23(31-27)19-7-5-4-6-8-19)20-9-11-21(12-10-20)26(33)30-22-13-14-22/h4-12,17-18,22H,13-16H2,1-3H3,(H,30,33);4-12,17-18,22H,13-16H2,1-3H3,(H,30,33);4-12,17-18,22H,13-16H2,1-3H3,(H,30,33). The molecule has 3 saturated carbocycles. The Morgan fingerprint density at radius 1 is 0.438 bits per heavy atom. The Bertz CT molecular complexity index is 5250. The third-order valence-electron chi connectivity index (χ3n) is 18.4. The zero-order valence-corrected chi connectivity index (χ0v) is 63.4. The lowest BCUT2D eigenvalue weighted by Crippen LogP contribution is -2.25. The molecule has 0 radical (unpaired) electrons. The number of carbonyl (C=O) groups is 3. The highest BCUT2D eigenvalue weighted by Crippen LogP contribution is 2.36. The second-order valence-corrected chi connectivity index (χ2v) is 35.6. The van der Waals surface area contributed by atoms with E-state index in [-0.39, 0.29) is 44.7 Å². The van der Waals surface area contributed by atoms with E-state index in [1.807, 2.05) is 183 Å². The predicted molar refractivity (Wildman–Crippen MR) is 419 cm³/mol. The Hall–Kier alpha value is -9.96. The van der Waals surface area contributed by atoms with E-state index >= 15 is 0 Å². The van der Waals surface area contributed by atoms with Crippen molar-refractivity contribution in [3.05, 3.63) is 218 Å². The van der Waals surface area contributed by atoms with E-state index in [2.05, 4.69) is 95.2 Å². The summed E-state index contributed by atoms with van der Waals surface area (Å²) >= 11 is 1.76. The number of nitrogens with one attached hydrogen (secondary N) is 3. The van der Waals surface area contributed by atoms with Crippen molar-refractivity contribution >= 4 is 67.1 Å². The van der Waals surface area contributed by atoms with Crippen molar-refractivity contribution in [2.75, 3.05) is 17.3 Å². The number of thioether (sulfide) groups is 1. The molecule has 540 valence electrons. The second kappa shape index (κ2) is 31.0. The van der Waals surface area contributed by atoms with Gasteiger partial charge in [0.2, 0.25) is 0 Å². The van der Waals surface area contributed by atoms with Gasteiger partial charge in [-0.3, -0.25) is 31.8 Å². The smallest absolute Gasteiger partial charge is 0.251 e. The highest BCUT2D eigenvalue weighted by molar-refractivity contribution is 7.99. The number of rotatable bonds is 21. The Kier molecular flexibility index (Phi) is 21.7. The van der Waals surface area contributed by atoms with E-state index in [0.717, 1.165) is 130 Å². The van der Waals surface area contributed by atoms with Gasteiger partial charge in [0.15, 0.2) is 36.8 Å². The fourth-order valence-electron chi connectivity index (χ4n) is 11.6. The number of amides is 3. The summed E-state index contributed by atoms with van der Waals surface area (Å²) in [6.07, 6.45) is 20.0. The first-order chi connectivity index (χ1) is 50.3. The Morgan fingerprint density at radius 2 is 0.790 bits per heavy atom. The molecule has 1 atom stereocenters. The Balaban J connectivity index is 0.000000140. The molecule has 3 aliphatic carbocycles. The number of hydrogen-bond acceptors (Lipinski definition) is 13. The minimum atomic E-state index is -3.69. The molecule has 12 aromatic rings. The number of aromatic nitrogens is 9. The number of sulfone groups is 1. The number of benzene rings is 6. The summed E-state index contributed by atoms with van der Waals surface area (Å²) in [4.78, 5) is 65.4. The minimum Gasteiger partial charge on any atom is -0.349 e. The zero-order chi connectivity index (χ0) is 73.8. The molecule has 18 nitrogen and oxygen atoms in total. The Labute approximate surface area is 621 Å². The molecule has 0 aliphatic heterocycles. The van der Waals surface area contributed by atoms with E-state index in [9.17, 15) is 27.0 Å². The molecule has 0 saturated heterocycles. The summed E-state index contributed by atoms with van der Waals surface area (Å²) in [5, 5.41) is 10.5. The van der Waals surface area contributed by atoms with Crippen LogP contribution in [0.2, 0.25) is 0 Å². The molecule has 3 fully saturated rings. The highest BCUT2D eigenvalue weighted by Gasteiger charge is 2.30. The van der Waals surface area contributed by atoms with Crippen LogP contribution in [0.3, 0.4) is 0 Å². The van der Waals surface area contributed by atoms with E-state index in [1.54, 1.807) is 40.7 Å². The van der Waals surface area contributed by atoms with E-state index in [4.69, 9.17) is 15.0 Å². The number of nitrogens with zero attached hydrogens (tertiary/aromatic N) is 9. The monoisotopic (exact) mass is 1460 g/mol. The van der Waals surface area contributed by atoms with Gasteiger partial charge < -0.3 is 16.0 Å². The fourth-order valence-corrected chi connectivity index (χ4v) is 16.2. The first kappa shape index (κ1) is 73.4. The molecule has 0 bridgehead atoms. The van der Waals surface area contributed by atoms with E-state index < -0.39 is 20.6 Å². The third-order valence-corrected chi connectivity index (χ3v) is 22.3. The lowest BCUT2D eigenvalue weighted by Gasteiger charge is -2.18. The lowest BCUT2D eigenvalue weighted by molar-refractivity contribution is 0.0942. The summed E-state index contributed by atoms with van der Waals surface area (Å²) in [5.74, 6) is 1.38. The molecular formula is C84H90N12O6S3. The lowest BCUT2D eigenvalue weighted by atomic mass is 9.94. The molecule has 1 unspecified atom stereocenters. The third kappa shape index (κ3) is 18.8. The summed E-state index contributed by atoms with van der Waals surface area (Å²) < 4.78 is 46.2. The molecule has 3 aliphatic rings. The summed E-state index contributed by atoms with van der Waals surface area (Å²) in [6.45, 7) is 19.3. The topological polar surface area (TPSA) is 229 Å². The van der Waals surface area contributed by atoms with Crippen LogP contribution in [0.1, 0.15) is 151 Å². The van der Waals surface area contributed by atoms with Crippen molar-refractivity contribution in [1.82, 2.24) is 59.1 Å². The molecule has 21 heteroatoms. The van der Waals surface area contributed by atoms with Crippen LogP contribution in [-0.4, -0.2) is 109 Å². The van der Waals surface area contributed by atoms with Gasteiger partial charge in [0, 0.05) is 98.3 Å². The van der Waals surface area contributed by atoms with Gasteiger partial charge in [-0.25, -0.2) is 38.3 Å². The molecule has 0 spiro atoms. The van der Waals surface area contributed by atoms with Gasteiger partial charge in [0.25, 0.3) is 17.7 Å². The number of imidazole rings is 3. The van der Waals surface area contributed by atoms with Crippen molar-refractivity contribution in [3.8, 4) is 67.5 Å². The van der Waals surface area contributed by atoms with Crippen LogP contribution in [0.5, 0.6) is 0 Å². The van der Waals surface area contributed by atoms with Crippen molar-refractivity contribution < 1.29 is 27.0 Å². The van der Waals surface area contributed by atoms with Crippen LogP contribution in [0.4, 0.5) is 0 Å². The quantitative estimate of drug-likeness (QED) is 0.0569. The number of fused-ring (bicyclic) bond motifs is 3. The van der Waals surface area contributed by atoms with Crippen LogP contribution < -0.4 is 16.0 Å². The summed E-state index contributed by atoms with van der Waals surface area (Å²) in [7, 11) is -4.98. The van der Waals surface area contributed by atoms with Crippen LogP contribution >= 0.6 is 11.8 Å². The maximum absolute atomic E-state index is 13.5. The number of carbonyl (C=O) groups excluding carboxylic acids is 3. The molecule has 6 aromatic heterocycles. The molecule has 15 rings (SSSR count). The second-order valence-electron chi connectivity index (χ2n) is 31.0. The number of hydrogen-bond donors (Lipinski definition) is 3. The molecular weight excluding hydrogens is 1370 g/mol. The summed E-state index contributed by atoms with van der Waals surface area (Å²) in [6, 6.07) is 53.3. The maximum atomic E-state index is 13.5. The zero-order valence-electron chi connectivity index (χ0n) is 61.0. The average Bonchev–Trinajstić information content (AvgIpc) is 1.74.